The van der Waals surface area contributed by atoms with Gasteiger partial charge in [0.2, 0.25) is 0 Å². The second-order valence-corrected chi connectivity index (χ2v) is 5.11. The minimum Gasteiger partial charge on any atom is -0.391 e. The van der Waals surface area contributed by atoms with Crippen LogP contribution in [0.25, 0.3) is 0 Å². The van der Waals surface area contributed by atoms with Gasteiger partial charge in [0, 0.05) is 12.2 Å². The standard InChI is InChI=1S/C15H20N2O/c16-10-13-6-3-7-14(8-13)17-11-15(18)9-12-4-1-2-5-12/h3,6-8,12,15,17-18H,1-2,4-5,9,11H2. The largest absolute Gasteiger partial charge is 0.391 e. The maximum Gasteiger partial charge on any atom is 0.0992 e. The molecule has 1 atom stereocenters. The summed E-state index contributed by atoms with van der Waals surface area (Å²) in [6, 6.07) is 9.47. The Bertz CT molecular complexity index is 419. The summed E-state index contributed by atoms with van der Waals surface area (Å²) in [5.41, 5.74) is 1.55. The van der Waals surface area contributed by atoms with E-state index in [-0.39, 0.29) is 6.10 Å². The number of nitriles is 1. The van der Waals surface area contributed by atoms with E-state index in [4.69, 9.17) is 5.26 Å². The first-order valence-corrected chi connectivity index (χ1v) is 6.70. The van der Waals surface area contributed by atoms with Crippen LogP contribution in [0, 0.1) is 17.2 Å². The van der Waals surface area contributed by atoms with Gasteiger partial charge in [0.1, 0.15) is 0 Å². The van der Waals surface area contributed by atoms with Crippen LogP contribution < -0.4 is 5.32 Å². The molecule has 0 heterocycles. The van der Waals surface area contributed by atoms with Crippen molar-refractivity contribution in [1.82, 2.24) is 0 Å². The van der Waals surface area contributed by atoms with Crippen molar-refractivity contribution in [3.63, 3.8) is 0 Å². The Hall–Kier alpha value is -1.53. The number of rotatable bonds is 5. The topological polar surface area (TPSA) is 56.0 Å². The summed E-state index contributed by atoms with van der Waals surface area (Å²) in [5, 5.41) is 22.0. The quantitative estimate of drug-likeness (QED) is 0.837. The van der Waals surface area contributed by atoms with Crippen molar-refractivity contribution in [3.05, 3.63) is 29.8 Å². The van der Waals surface area contributed by atoms with Gasteiger partial charge in [-0.1, -0.05) is 31.7 Å². The van der Waals surface area contributed by atoms with Crippen molar-refractivity contribution in [2.75, 3.05) is 11.9 Å². The van der Waals surface area contributed by atoms with E-state index in [1.165, 1.54) is 25.7 Å². The fourth-order valence-electron chi connectivity index (χ4n) is 2.65. The molecular formula is C15H20N2O. The number of anilines is 1. The predicted molar refractivity (Wildman–Crippen MR) is 72.2 cm³/mol. The van der Waals surface area contributed by atoms with Gasteiger partial charge < -0.3 is 10.4 Å². The molecule has 0 aromatic heterocycles. The molecule has 0 spiro atoms. The second-order valence-electron chi connectivity index (χ2n) is 5.11. The Labute approximate surface area is 108 Å². The van der Waals surface area contributed by atoms with E-state index in [2.05, 4.69) is 11.4 Å². The lowest BCUT2D eigenvalue weighted by Crippen LogP contribution is -2.22. The molecule has 0 radical (unpaired) electrons. The van der Waals surface area contributed by atoms with Crippen LogP contribution in [0.3, 0.4) is 0 Å². The highest BCUT2D eigenvalue weighted by atomic mass is 16.3. The van der Waals surface area contributed by atoms with E-state index < -0.39 is 0 Å². The molecule has 1 aromatic rings. The van der Waals surface area contributed by atoms with E-state index >= 15 is 0 Å². The zero-order chi connectivity index (χ0) is 12.8. The third-order valence-electron chi connectivity index (χ3n) is 3.61. The van der Waals surface area contributed by atoms with Gasteiger partial charge in [-0.2, -0.15) is 5.26 Å². The highest BCUT2D eigenvalue weighted by molar-refractivity contribution is 5.49. The molecule has 18 heavy (non-hydrogen) atoms. The van der Waals surface area contributed by atoms with Crippen LogP contribution in [-0.2, 0) is 0 Å². The number of nitrogens with one attached hydrogen (secondary N) is 1. The van der Waals surface area contributed by atoms with Crippen molar-refractivity contribution in [3.8, 4) is 6.07 Å². The van der Waals surface area contributed by atoms with Gasteiger partial charge in [-0.05, 0) is 30.5 Å². The lowest BCUT2D eigenvalue weighted by atomic mass is 10.00. The van der Waals surface area contributed by atoms with Crippen LogP contribution >= 0.6 is 0 Å². The first-order chi connectivity index (χ1) is 8.78. The van der Waals surface area contributed by atoms with Crippen molar-refractivity contribution in [1.29, 1.82) is 5.26 Å². The van der Waals surface area contributed by atoms with E-state index in [9.17, 15) is 5.11 Å². The molecule has 1 aromatic carbocycles. The molecule has 2 rings (SSSR count). The fraction of sp³-hybridized carbons (Fsp3) is 0.533. The molecule has 1 unspecified atom stereocenters. The Morgan fingerprint density at radius 1 is 1.39 bits per heavy atom. The van der Waals surface area contributed by atoms with Gasteiger partial charge in [0.15, 0.2) is 0 Å². The van der Waals surface area contributed by atoms with Gasteiger partial charge >= 0.3 is 0 Å². The second kappa shape index (κ2) is 6.42. The molecule has 1 aliphatic carbocycles. The molecule has 3 nitrogen and oxygen atoms in total. The fourth-order valence-corrected chi connectivity index (χ4v) is 2.65. The van der Waals surface area contributed by atoms with Crippen LogP contribution in [0.4, 0.5) is 5.69 Å². The van der Waals surface area contributed by atoms with Gasteiger partial charge in [0.25, 0.3) is 0 Å². The summed E-state index contributed by atoms with van der Waals surface area (Å²) in [6.45, 7) is 0.561. The Morgan fingerprint density at radius 2 is 2.17 bits per heavy atom. The number of nitrogens with zero attached hydrogens (tertiary/aromatic N) is 1. The molecule has 0 amide bonds. The van der Waals surface area contributed by atoms with Crippen LogP contribution in [0.1, 0.15) is 37.7 Å². The smallest absolute Gasteiger partial charge is 0.0992 e. The molecule has 1 saturated carbocycles. The molecule has 3 heteroatoms. The number of hydrogen-bond donors (Lipinski definition) is 2. The Kier molecular flexibility index (Phi) is 4.60. The zero-order valence-corrected chi connectivity index (χ0v) is 10.6. The van der Waals surface area contributed by atoms with Gasteiger partial charge in [-0.15, -0.1) is 0 Å². The summed E-state index contributed by atoms with van der Waals surface area (Å²) >= 11 is 0. The van der Waals surface area contributed by atoms with E-state index in [1.54, 1.807) is 6.07 Å². The lowest BCUT2D eigenvalue weighted by Gasteiger charge is -2.16. The number of aliphatic hydroxyl groups is 1. The van der Waals surface area contributed by atoms with Crippen LogP contribution in [0.15, 0.2) is 24.3 Å². The minimum atomic E-state index is -0.293. The lowest BCUT2D eigenvalue weighted by molar-refractivity contribution is 0.155. The van der Waals surface area contributed by atoms with E-state index in [1.807, 2.05) is 18.2 Å². The van der Waals surface area contributed by atoms with E-state index in [0.717, 1.165) is 12.1 Å². The first-order valence-electron chi connectivity index (χ1n) is 6.70. The minimum absolute atomic E-state index is 0.293. The average Bonchev–Trinajstić information content (AvgIpc) is 2.89. The molecule has 1 fully saturated rings. The summed E-state index contributed by atoms with van der Waals surface area (Å²) in [5.74, 6) is 0.701. The molecule has 0 saturated heterocycles. The van der Waals surface area contributed by atoms with Gasteiger partial charge in [-0.3, -0.25) is 0 Å². The predicted octanol–water partition coefficient (Wildman–Crippen LogP) is 2.91. The molecule has 0 aliphatic heterocycles. The number of aliphatic hydroxyl groups excluding tert-OH is 1. The van der Waals surface area contributed by atoms with Crippen LogP contribution in [0.5, 0.6) is 0 Å². The zero-order valence-electron chi connectivity index (χ0n) is 10.6. The maximum absolute atomic E-state index is 9.97. The summed E-state index contributed by atoms with van der Waals surface area (Å²) in [6.07, 6.45) is 5.76. The van der Waals surface area contributed by atoms with Crippen molar-refractivity contribution in [2.24, 2.45) is 5.92 Å². The number of benzene rings is 1. The van der Waals surface area contributed by atoms with Crippen molar-refractivity contribution >= 4 is 5.69 Å². The Morgan fingerprint density at radius 3 is 2.89 bits per heavy atom. The molecule has 2 N–H and O–H groups in total. The van der Waals surface area contributed by atoms with Crippen molar-refractivity contribution < 1.29 is 5.11 Å². The monoisotopic (exact) mass is 244 g/mol. The Balaban J connectivity index is 1.77. The average molecular weight is 244 g/mol. The van der Waals surface area contributed by atoms with Crippen LogP contribution in [-0.4, -0.2) is 17.8 Å². The van der Waals surface area contributed by atoms with Gasteiger partial charge in [-0.25, -0.2) is 0 Å². The van der Waals surface area contributed by atoms with Crippen molar-refractivity contribution in [2.45, 2.75) is 38.2 Å². The molecule has 0 bridgehead atoms. The highest BCUT2D eigenvalue weighted by Crippen LogP contribution is 2.28. The summed E-state index contributed by atoms with van der Waals surface area (Å²) in [7, 11) is 0. The summed E-state index contributed by atoms with van der Waals surface area (Å²) in [4.78, 5) is 0. The van der Waals surface area contributed by atoms with E-state index in [0.29, 0.717) is 18.0 Å². The molecule has 96 valence electrons. The highest BCUT2D eigenvalue weighted by Gasteiger charge is 2.18. The normalized spacial score (nSPS) is 17.3. The van der Waals surface area contributed by atoms with Gasteiger partial charge in [0.05, 0.1) is 17.7 Å². The summed E-state index contributed by atoms with van der Waals surface area (Å²) < 4.78 is 0. The number of hydrogen-bond acceptors (Lipinski definition) is 3. The molecular weight excluding hydrogens is 224 g/mol. The molecule has 1 aliphatic rings. The third kappa shape index (κ3) is 3.75. The SMILES string of the molecule is N#Cc1cccc(NCC(O)CC2CCCC2)c1. The maximum atomic E-state index is 9.97. The van der Waals surface area contributed by atoms with Crippen LogP contribution in [0.2, 0.25) is 0 Å². The third-order valence-corrected chi connectivity index (χ3v) is 3.61. The first kappa shape index (κ1) is 12.9.